The van der Waals surface area contributed by atoms with Gasteiger partial charge in [-0.15, -0.1) is 49.2 Å². The molecule has 0 heterocycles. The average molecular weight is 851 g/mol. The molecule has 0 saturated heterocycles. The van der Waals surface area contributed by atoms with E-state index in [9.17, 15) is 17.6 Å². The molecule has 0 radical (unpaired) electrons. The number of hydrogen-bond acceptors (Lipinski definition) is 2. The van der Waals surface area contributed by atoms with Crippen LogP contribution in [-0.2, 0) is 34.6 Å². The standard InChI is InChI=1S/2C22H20F2N.2C5H5.Ti/c2*1-17-9-12-20(13-10-17)25(22-14-11-19(23)16-21(22)24)15-5-8-18-6-3-2-4-7-18;2*1-2-4-5-3-1;/h2*2-4,6-7,9-14H,5,8,15H2,1H3;2*1-3H,4H2;/q4*-1;+4. The van der Waals surface area contributed by atoms with E-state index in [1.54, 1.807) is 0 Å². The first-order valence-corrected chi connectivity index (χ1v) is 20.2. The van der Waals surface area contributed by atoms with E-state index in [1.807, 2.05) is 133 Å². The molecule has 2 aliphatic rings. The van der Waals surface area contributed by atoms with Crippen molar-refractivity contribution in [2.45, 2.75) is 52.4 Å². The Hall–Kier alpha value is -5.69. The van der Waals surface area contributed by atoms with E-state index in [1.165, 1.54) is 35.4 Å². The number of hydrogen-bond donors (Lipinski definition) is 0. The van der Waals surface area contributed by atoms with Crippen LogP contribution in [0, 0.1) is 61.4 Å². The van der Waals surface area contributed by atoms with Gasteiger partial charge in [0.25, 0.3) is 0 Å². The summed E-state index contributed by atoms with van der Waals surface area (Å²) in [6.07, 6.45) is 23.5. The Balaban J connectivity index is 0.000000215. The van der Waals surface area contributed by atoms with Crippen molar-refractivity contribution in [3.05, 3.63) is 240 Å². The van der Waals surface area contributed by atoms with Crippen molar-refractivity contribution < 1.29 is 39.3 Å². The molecule has 0 N–H and O–H groups in total. The van der Waals surface area contributed by atoms with Crippen LogP contribution in [-0.4, -0.2) is 13.1 Å². The van der Waals surface area contributed by atoms with E-state index in [-0.39, 0.29) is 21.7 Å². The average Bonchev–Trinajstić information content (AvgIpc) is 4.05. The van der Waals surface area contributed by atoms with E-state index in [4.69, 9.17) is 0 Å². The molecule has 0 aliphatic heterocycles. The quantitative estimate of drug-likeness (QED) is 0.0688. The zero-order chi connectivity index (χ0) is 42.4. The fourth-order valence-corrected chi connectivity index (χ4v) is 6.37. The molecule has 2 aliphatic carbocycles. The number of allylic oxidation sites excluding steroid dienone is 8. The zero-order valence-electron chi connectivity index (χ0n) is 34.7. The van der Waals surface area contributed by atoms with Crippen molar-refractivity contribution in [2.75, 3.05) is 22.9 Å². The van der Waals surface area contributed by atoms with Gasteiger partial charge in [0.05, 0.1) is 0 Å². The molecule has 0 unspecified atom stereocenters. The summed E-state index contributed by atoms with van der Waals surface area (Å²) < 4.78 is 55.0. The molecule has 0 fully saturated rings. The molecule has 7 heteroatoms. The second-order valence-electron chi connectivity index (χ2n) is 14.2. The Morgan fingerprint density at radius 3 is 1.15 bits per heavy atom. The molecule has 6 aromatic carbocycles. The molecule has 8 rings (SSSR count). The van der Waals surface area contributed by atoms with Crippen LogP contribution in [0.25, 0.3) is 0 Å². The minimum Gasteiger partial charge on any atom is -0.392 e. The molecule has 308 valence electrons. The fraction of sp³-hybridized carbons (Fsp3) is 0.185. The van der Waals surface area contributed by atoms with Crippen LogP contribution in [0.1, 0.15) is 47.9 Å². The minimum absolute atomic E-state index is 0. The third kappa shape index (κ3) is 16.7. The molecule has 0 bridgehead atoms. The van der Waals surface area contributed by atoms with Crippen LogP contribution in [0.4, 0.5) is 40.3 Å². The molecule has 0 spiro atoms. The second kappa shape index (κ2) is 26.5. The van der Waals surface area contributed by atoms with Crippen molar-refractivity contribution in [3.63, 3.8) is 0 Å². The number of benzene rings is 6. The van der Waals surface area contributed by atoms with Crippen LogP contribution < -0.4 is 9.80 Å². The number of rotatable bonds is 12. The van der Waals surface area contributed by atoms with Gasteiger partial charge in [-0.3, -0.25) is 12.2 Å². The summed E-state index contributed by atoms with van der Waals surface area (Å²) >= 11 is 0. The van der Waals surface area contributed by atoms with E-state index >= 15 is 0 Å². The first-order chi connectivity index (χ1) is 29.3. The van der Waals surface area contributed by atoms with Gasteiger partial charge in [-0.05, 0) is 86.3 Å². The maximum Gasteiger partial charge on any atom is 4.00 e. The number of aryl methyl sites for hydroxylation is 4. The van der Waals surface area contributed by atoms with Crippen molar-refractivity contribution >= 4 is 22.7 Å². The van der Waals surface area contributed by atoms with E-state index < -0.39 is 23.3 Å². The van der Waals surface area contributed by atoms with Crippen LogP contribution in [0.15, 0.2) is 170 Å². The Labute approximate surface area is 375 Å². The molecule has 61 heavy (non-hydrogen) atoms. The van der Waals surface area contributed by atoms with Gasteiger partial charge in [0.15, 0.2) is 0 Å². The SMILES string of the molecule is Cc1ccc(N(CCCc2ccccc2)c2ccc(F)[c-]c2F)cc1.Cc1ccc(N(CCCc2ccccc2)c2ccc(F)[c-]c2F)cc1.[C-]1=CC=CC1.[C-]1=CC=CC1.[Ti+4]. The molecule has 0 amide bonds. The molecule has 6 aromatic rings. The normalized spacial score (nSPS) is 11.6. The number of halogens is 4. The van der Waals surface area contributed by atoms with Gasteiger partial charge in [-0.2, -0.15) is 12.2 Å². The van der Waals surface area contributed by atoms with Gasteiger partial charge in [0.2, 0.25) is 0 Å². The summed E-state index contributed by atoms with van der Waals surface area (Å²) in [5.41, 5.74) is 7.24. The molecular formula is C54H50F4N2Ti. The summed E-state index contributed by atoms with van der Waals surface area (Å²) in [4.78, 5) is 3.77. The number of anilines is 4. The van der Waals surface area contributed by atoms with Crippen LogP contribution in [0.3, 0.4) is 0 Å². The largest absolute Gasteiger partial charge is 4.00 e. The zero-order valence-corrected chi connectivity index (χ0v) is 36.3. The van der Waals surface area contributed by atoms with E-state index in [0.717, 1.165) is 61.0 Å². The van der Waals surface area contributed by atoms with Gasteiger partial charge in [0, 0.05) is 47.7 Å². The maximum absolute atomic E-state index is 14.3. The fourth-order valence-electron chi connectivity index (χ4n) is 6.37. The van der Waals surface area contributed by atoms with Crippen molar-refractivity contribution in [3.8, 4) is 0 Å². The first kappa shape index (κ1) is 48.0. The van der Waals surface area contributed by atoms with Crippen LogP contribution >= 0.6 is 0 Å². The molecule has 0 aromatic heterocycles. The van der Waals surface area contributed by atoms with Crippen molar-refractivity contribution in [1.82, 2.24) is 0 Å². The predicted molar refractivity (Wildman–Crippen MR) is 239 cm³/mol. The Kier molecular flexibility index (Phi) is 20.9. The van der Waals surface area contributed by atoms with Crippen LogP contribution in [0.2, 0.25) is 0 Å². The Morgan fingerprint density at radius 1 is 0.475 bits per heavy atom. The summed E-state index contributed by atoms with van der Waals surface area (Å²) in [7, 11) is 0. The van der Waals surface area contributed by atoms with Gasteiger partial charge >= 0.3 is 21.7 Å². The number of nitrogens with zero attached hydrogens (tertiary/aromatic N) is 2. The molecule has 0 atom stereocenters. The summed E-state index contributed by atoms with van der Waals surface area (Å²) in [6, 6.07) is 45.9. The summed E-state index contributed by atoms with van der Waals surface area (Å²) in [5.74, 6) is -2.70. The van der Waals surface area contributed by atoms with Crippen molar-refractivity contribution in [1.29, 1.82) is 0 Å². The Bertz CT molecular complexity index is 2100. The molecular weight excluding hydrogens is 800 g/mol. The van der Waals surface area contributed by atoms with Gasteiger partial charge in [-0.1, -0.05) is 96.1 Å². The minimum atomic E-state index is -0.686. The molecule has 2 nitrogen and oxygen atoms in total. The van der Waals surface area contributed by atoms with Gasteiger partial charge < -0.3 is 9.80 Å². The third-order valence-corrected chi connectivity index (χ3v) is 9.51. The van der Waals surface area contributed by atoms with E-state index in [2.05, 4.69) is 60.7 Å². The third-order valence-electron chi connectivity index (χ3n) is 9.51. The maximum atomic E-state index is 14.3. The monoisotopic (exact) mass is 850 g/mol. The first-order valence-electron chi connectivity index (χ1n) is 20.2. The Morgan fingerprint density at radius 2 is 0.852 bits per heavy atom. The van der Waals surface area contributed by atoms with Gasteiger partial charge in [0.1, 0.15) is 0 Å². The summed E-state index contributed by atoms with van der Waals surface area (Å²) in [6.45, 7) is 5.29. The van der Waals surface area contributed by atoms with Crippen molar-refractivity contribution in [2.24, 2.45) is 0 Å². The molecule has 0 saturated carbocycles. The topological polar surface area (TPSA) is 6.48 Å². The van der Waals surface area contributed by atoms with E-state index in [0.29, 0.717) is 24.5 Å². The smallest absolute Gasteiger partial charge is 0.392 e. The van der Waals surface area contributed by atoms with Crippen LogP contribution in [0.5, 0.6) is 0 Å². The van der Waals surface area contributed by atoms with Gasteiger partial charge in [-0.25, -0.2) is 41.9 Å². The second-order valence-corrected chi connectivity index (χ2v) is 14.2. The predicted octanol–water partition coefficient (Wildman–Crippen LogP) is 14.3. The summed E-state index contributed by atoms with van der Waals surface area (Å²) in [5, 5.41) is 0.